The molecule has 186 valence electrons. The Labute approximate surface area is 219 Å². The molecule has 0 spiro atoms. The van der Waals surface area contributed by atoms with Gasteiger partial charge in [-0.05, 0) is 79.1 Å². The number of nitriles is 1. The molecule has 1 atom stereocenters. The summed E-state index contributed by atoms with van der Waals surface area (Å²) in [7, 11) is 0. The second-order valence-corrected chi connectivity index (χ2v) is 9.07. The Morgan fingerprint density at radius 2 is 1.79 bits per heavy atom. The Morgan fingerprint density at radius 3 is 2.53 bits per heavy atom. The monoisotopic (exact) mass is 502 g/mol. The molecule has 3 aromatic carbocycles. The van der Waals surface area contributed by atoms with Crippen LogP contribution in [-0.2, 0) is 0 Å². The van der Waals surface area contributed by atoms with E-state index in [4.69, 9.17) is 4.98 Å². The van der Waals surface area contributed by atoms with Gasteiger partial charge in [-0.15, -0.1) is 0 Å². The number of hydrogen-bond acceptors (Lipinski definition) is 5. The first kappa shape index (κ1) is 24.6. The molecule has 0 saturated carbocycles. The number of rotatable bonds is 6. The fourth-order valence-corrected chi connectivity index (χ4v) is 4.62. The van der Waals surface area contributed by atoms with Crippen molar-refractivity contribution in [2.45, 2.75) is 19.9 Å². The summed E-state index contributed by atoms with van der Waals surface area (Å²) < 4.78 is 13.8. The molecule has 0 bridgehead atoms. The maximum atomic E-state index is 13.8. The van der Waals surface area contributed by atoms with Crippen LogP contribution in [0.4, 0.5) is 10.1 Å². The van der Waals surface area contributed by atoms with E-state index in [9.17, 15) is 19.6 Å². The quantitative estimate of drug-likeness (QED) is 0.256. The molecule has 0 amide bonds. The molecule has 7 heteroatoms. The minimum absolute atomic E-state index is 0.190. The molecule has 2 N–H and O–H groups in total. The average molecular weight is 503 g/mol. The van der Waals surface area contributed by atoms with Gasteiger partial charge in [0.1, 0.15) is 17.6 Å². The van der Waals surface area contributed by atoms with Crippen molar-refractivity contribution in [3.8, 4) is 28.5 Å². The maximum absolute atomic E-state index is 13.8. The van der Waals surface area contributed by atoms with Crippen LogP contribution in [0.2, 0.25) is 0 Å². The minimum Gasteiger partial charge on any atom is -0.478 e. The van der Waals surface area contributed by atoms with Gasteiger partial charge in [0.15, 0.2) is 0 Å². The first-order valence-corrected chi connectivity index (χ1v) is 12.0. The fourth-order valence-electron chi connectivity index (χ4n) is 4.62. The molecule has 2 heterocycles. The van der Waals surface area contributed by atoms with Crippen molar-refractivity contribution in [2.24, 2.45) is 0 Å². The van der Waals surface area contributed by atoms with Crippen LogP contribution in [0.3, 0.4) is 0 Å². The number of anilines is 1. The summed E-state index contributed by atoms with van der Waals surface area (Å²) in [4.78, 5) is 20.9. The number of carboxylic acid groups (broad SMARTS) is 1. The summed E-state index contributed by atoms with van der Waals surface area (Å²) in [5.41, 5.74) is 6.58. The Morgan fingerprint density at radius 1 is 1.03 bits per heavy atom. The number of para-hydroxylation sites is 1. The second kappa shape index (κ2) is 10.1. The second-order valence-electron chi connectivity index (χ2n) is 9.07. The molecular formula is C31H23FN4O2. The van der Waals surface area contributed by atoms with Crippen molar-refractivity contribution in [1.82, 2.24) is 9.97 Å². The summed E-state index contributed by atoms with van der Waals surface area (Å²) in [6.45, 7) is 3.96. The van der Waals surface area contributed by atoms with Crippen molar-refractivity contribution in [3.05, 3.63) is 113 Å². The summed E-state index contributed by atoms with van der Waals surface area (Å²) in [6.07, 6.45) is 1.57. The number of carboxylic acids is 1. The van der Waals surface area contributed by atoms with Gasteiger partial charge in [-0.1, -0.05) is 30.3 Å². The van der Waals surface area contributed by atoms with E-state index in [2.05, 4.69) is 22.4 Å². The number of aromatic carboxylic acids is 1. The first-order valence-electron chi connectivity index (χ1n) is 12.0. The first-order chi connectivity index (χ1) is 18.3. The van der Waals surface area contributed by atoms with Gasteiger partial charge in [-0.3, -0.25) is 0 Å². The topological polar surface area (TPSA) is 98.9 Å². The van der Waals surface area contributed by atoms with Crippen LogP contribution < -0.4 is 5.32 Å². The number of nitrogens with one attached hydrogen (secondary N) is 1. The number of halogens is 1. The molecule has 5 rings (SSSR count). The van der Waals surface area contributed by atoms with E-state index in [0.717, 1.165) is 38.7 Å². The number of fused-ring (bicyclic) bond motifs is 1. The molecule has 0 aliphatic heterocycles. The van der Waals surface area contributed by atoms with Gasteiger partial charge in [0.2, 0.25) is 0 Å². The van der Waals surface area contributed by atoms with Crippen LogP contribution in [0.1, 0.15) is 40.1 Å². The third-order valence-electron chi connectivity index (χ3n) is 6.41. The summed E-state index contributed by atoms with van der Waals surface area (Å²) in [5.74, 6) is -1.35. The molecular weight excluding hydrogens is 479 g/mol. The highest BCUT2D eigenvalue weighted by atomic mass is 19.1. The van der Waals surface area contributed by atoms with Crippen LogP contribution in [0, 0.1) is 24.1 Å². The van der Waals surface area contributed by atoms with E-state index in [1.807, 2.05) is 26.0 Å². The van der Waals surface area contributed by atoms with Gasteiger partial charge in [0, 0.05) is 34.4 Å². The van der Waals surface area contributed by atoms with Gasteiger partial charge in [-0.25, -0.2) is 19.2 Å². The highest BCUT2D eigenvalue weighted by Crippen LogP contribution is 2.37. The molecule has 0 aliphatic carbocycles. The lowest BCUT2D eigenvalue weighted by Crippen LogP contribution is -2.11. The van der Waals surface area contributed by atoms with Crippen LogP contribution in [0.25, 0.3) is 33.3 Å². The van der Waals surface area contributed by atoms with Gasteiger partial charge in [0.25, 0.3) is 0 Å². The molecule has 0 radical (unpaired) electrons. The number of hydrogen-bond donors (Lipinski definition) is 2. The molecule has 0 aliphatic rings. The standard InChI is InChI=1S/C31H23FN4O2/c1-18-13-25(19(2)35-28-6-4-3-5-24(28)31(37)38)27-16-26(20-7-9-22(32)10-8-20)30(36-29(27)14-18)21-11-12-34-23(15-21)17-33/h3-16,19,35H,1-2H3,(H,37,38)/t19-/m1/s1. The lowest BCUT2D eigenvalue weighted by atomic mass is 9.93. The van der Waals surface area contributed by atoms with E-state index >= 15 is 0 Å². The number of nitrogens with zero attached hydrogens (tertiary/aromatic N) is 3. The third kappa shape index (κ3) is 4.80. The number of aromatic nitrogens is 2. The van der Waals surface area contributed by atoms with E-state index in [1.165, 1.54) is 12.1 Å². The van der Waals surface area contributed by atoms with E-state index in [0.29, 0.717) is 11.4 Å². The van der Waals surface area contributed by atoms with Crippen molar-refractivity contribution >= 4 is 22.6 Å². The Kier molecular flexibility index (Phi) is 6.55. The lowest BCUT2D eigenvalue weighted by molar-refractivity contribution is 0.0698. The average Bonchev–Trinajstić information content (AvgIpc) is 2.92. The Balaban J connectivity index is 1.72. The summed E-state index contributed by atoms with van der Waals surface area (Å²) in [5, 5.41) is 23.2. The van der Waals surface area contributed by atoms with E-state index < -0.39 is 5.97 Å². The number of pyridine rings is 2. The maximum Gasteiger partial charge on any atom is 0.337 e. The molecule has 5 aromatic rings. The predicted molar refractivity (Wildman–Crippen MR) is 145 cm³/mol. The van der Waals surface area contributed by atoms with Crippen molar-refractivity contribution in [3.63, 3.8) is 0 Å². The van der Waals surface area contributed by atoms with Crippen molar-refractivity contribution in [2.75, 3.05) is 5.32 Å². The van der Waals surface area contributed by atoms with Crippen LogP contribution in [-0.4, -0.2) is 21.0 Å². The Bertz CT molecular complexity index is 1730. The van der Waals surface area contributed by atoms with E-state index in [-0.39, 0.29) is 23.1 Å². The lowest BCUT2D eigenvalue weighted by Gasteiger charge is -2.21. The largest absolute Gasteiger partial charge is 0.478 e. The van der Waals surface area contributed by atoms with Gasteiger partial charge < -0.3 is 10.4 Å². The SMILES string of the molecule is Cc1cc([C@@H](C)Nc2ccccc2C(=O)O)c2cc(-c3ccc(F)cc3)c(-c3ccnc(C#N)c3)nc2c1. The highest BCUT2D eigenvalue weighted by molar-refractivity contribution is 5.96. The number of aryl methyl sites for hydroxylation is 1. The smallest absolute Gasteiger partial charge is 0.337 e. The molecule has 0 unspecified atom stereocenters. The van der Waals surface area contributed by atoms with Gasteiger partial charge >= 0.3 is 5.97 Å². The predicted octanol–water partition coefficient (Wildman–Crippen LogP) is 7.15. The summed E-state index contributed by atoms with van der Waals surface area (Å²) >= 11 is 0. The third-order valence-corrected chi connectivity index (χ3v) is 6.41. The highest BCUT2D eigenvalue weighted by Gasteiger charge is 2.19. The molecule has 0 saturated heterocycles. The fraction of sp³-hybridized carbons (Fsp3) is 0.0968. The van der Waals surface area contributed by atoms with Crippen LogP contribution in [0.5, 0.6) is 0 Å². The zero-order valence-corrected chi connectivity index (χ0v) is 20.7. The van der Waals surface area contributed by atoms with Gasteiger partial charge in [0.05, 0.1) is 16.8 Å². The zero-order chi connectivity index (χ0) is 26.8. The molecule has 2 aromatic heterocycles. The van der Waals surface area contributed by atoms with Crippen molar-refractivity contribution < 1.29 is 14.3 Å². The molecule has 0 fully saturated rings. The van der Waals surface area contributed by atoms with Crippen molar-refractivity contribution in [1.29, 1.82) is 5.26 Å². The van der Waals surface area contributed by atoms with Gasteiger partial charge in [-0.2, -0.15) is 5.26 Å². The molecule has 38 heavy (non-hydrogen) atoms. The number of benzene rings is 3. The van der Waals surface area contributed by atoms with Crippen LogP contribution in [0.15, 0.2) is 85.1 Å². The van der Waals surface area contributed by atoms with Crippen LogP contribution >= 0.6 is 0 Å². The summed E-state index contributed by atoms with van der Waals surface area (Å²) in [6, 6.07) is 24.4. The number of carbonyl (C=O) groups is 1. The normalized spacial score (nSPS) is 11.6. The zero-order valence-electron chi connectivity index (χ0n) is 20.7. The Hall–Kier alpha value is -5.09. The van der Waals surface area contributed by atoms with E-state index in [1.54, 1.807) is 54.7 Å². The minimum atomic E-state index is -1.01. The molecule has 6 nitrogen and oxygen atoms in total.